The van der Waals surface area contributed by atoms with Crippen LogP contribution in [0.2, 0.25) is 0 Å². The van der Waals surface area contributed by atoms with Gasteiger partial charge in [0.2, 0.25) is 11.8 Å². The first-order valence-electron chi connectivity index (χ1n) is 13.6. The van der Waals surface area contributed by atoms with E-state index in [0.29, 0.717) is 32.1 Å². The summed E-state index contributed by atoms with van der Waals surface area (Å²) >= 11 is 1.60. The highest BCUT2D eigenvalue weighted by Gasteiger charge is 2.38. The molecule has 0 saturated carbocycles. The predicted molar refractivity (Wildman–Crippen MR) is 159 cm³/mol. The van der Waals surface area contributed by atoms with Crippen LogP contribution in [-0.4, -0.2) is 65.1 Å². The van der Waals surface area contributed by atoms with Crippen molar-refractivity contribution in [2.24, 2.45) is 0 Å². The third kappa shape index (κ3) is 5.05. The number of nitrogens with zero attached hydrogens (tertiary/aromatic N) is 4. The van der Waals surface area contributed by atoms with Crippen molar-refractivity contribution in [3.05, 3.63) is 101 Å². The van der Waals surface area contributed by atoms with E-state index in [1.165, 1.54) is 0 Å². The molecule has 2 aliphatic heterocycles. The Morgan fingerprint density at radius 3 is 2.48 bits per heavy atom. The normalized spacial score (nSPS) is 17.4. The molecule has 3 aromatic carbocycles. The average Bonchev–Trinajstić information content (AvgIpc) is 3.30. The predicted octanol–water partition coefficient (Wildman–Crippen LogP) is 5.18. The number of aryl methyl sites for hydroxylation is 2. The fraction of sp³-hybridized carbons (Fsp3) is 0.281. The van der Waals surface area contributed by atoms with E-state index in [1.807, 2.05) is 54.1 Å². The van der Waals surface area contributed by atoms with Crippen LogP contribution < -0.4 is 4.90 Å². The molecule has 1 saturated heterocycles. The number of benzene rings is 3. The molecular weight excluding hydrogens is 520 g/mol. The van der Waals surface area contributed by atoms with Gasteiger partial charge >= 0.3 is 0 Å². The Bertz CT molecular complexity index is 1550. The van der Waals surface area contributed by atoms with Gasteiger partial charge < -0.3 is 9.64 Å². The quantitative estimate of drug-likeness (QED) is 0.341. The molecule has 4 aromatic rings. The number of para-hydroxylation sites is 1. The number of thioether (sulfide) groups is 1. The first-order chi connectivity index (χ1) is 19.5. The topological polar surface area (TPSA) is 67.7 Å². The van der Waals surface area contributed by atoms with Crippen molar-refractivity contribution in [3.63, 3.8) is 0 Å². The Kier molecular flexibility index (Phi) is 7.45. The molecule has 1 atom stereocenters. The second kappa shape index (κ2) is 11.3. The molecule has 8 heteroatoms. The first-order valence-corrected chi connectivity index (χ1v) is 14.6. The van der Waals surface area contributed by atoms with E-state index in [2.05, 4.69) is 43.3 Å². The van der Waals surface area contributed by atoms with Gasteiger partial charge in [-0.3, -0.25) is 14.5 Å². The maximum Gasteiger partial charge on any atom is 0.242 e. The zero-order chi connectivity index (χ0) is 27.6. The molecule has 3 heterocycles. The maximum absolute atomic E-state index is 13.9. The summed E-state index contributed by atoms with van der Waals surface area (Å²) < 4.78 is 7.34. The van der Waals surface area contributed by atoms with Crippen LogP contribution in [0.25, 0.3) is 16.9 Å². The lowest BCUT2D eigenvalue weighted by molar-refractivity contribution is -0.134. The van der Waals surface area contributed by atoms with E-state index in [9.17, 15) is 9.59 Å². The monoisotopic (exact) mass is 552 g/mol. The maximum atomic E-state index is 13.9. The molecule has 0 aliphatic carbocycles. The van der Waals surface area contributed by atoms with Crippen molar-refractivity contribution >= 4 is 29.4 Å². The first kappa shape index (κ1) is 26.3. The fourth-order valence-electron chi connectivity index (χ4n) is 5.44. The smallest absolute Gasteiger partial charge is 0.242 e. The van der Waals surface area contributed by atoms with Crippen LogP contribution in [0.1, 0.15) is 27.5 Å². The van der Waals surface area contributed by atoms with E-state index in [4.69, 9.17) is 9.84 Å². The number of aromatic nitrogens is 2. The van der Waals surface area contributed by atoms with Crippen LogP contribution in [0.3, 0.4) is 0 Å². The lowest BCUT2D eigenvalue weighted by Gasteiger charge is -2.30. The van der Waals surface area contributed by atoms with Gasteiger partial charge in [0, 0.05) is 24.2 Å². The minimum atomic E-state index is -0.143. The minimum absolute atomic E-state index is 0.0429. The van der Waals surface area contributed by atoms with Crippen LogP contribution >= 0.6 is 11.8 Å². The summed E-state index contributed by atoms with van der Waals surface area (Å²) in [6.07, 6.45) is 0. The fourth-order valence-corrected chi connectivity index (χ4v) is 6.63. The van der Waals surface area contributed by atoms with Crippen LogP contribution in [-0.2, 0) is 14.3 Å². The molecule has 0 unspecified atom stereocenters. The molecule has 0 bridgehead atoms. The second-order valence-electron chi connectivity index (χ2n) is 10.2. The molecule has 1 fully saturated rings. The highest BCUT2D eigenvalue weighted by atomic mass is 32.2. The number of morpholine rings is 1. The zero-order valence-electron chi connectivity index (χ0n) is 22.7. The summed E-state index contributed by atoms with van der Waals surface area (Å²) in [7, 11) is 0. The van der Waals surface area contributed by atoms with E-state index in [1.54, 1.807) is 21.6 Å². The lowest BCUT2D eigenvalue weighted by Crippen LogP contribution is -2.48. The summed E-state index contributed by atoms with van der Waals surface area (Å²) in [4.78, 5) is 30.9. The van der Waals surface area contributed by atoms with Crippen LogP contribution in [0.5, 0.6) is 0 Å². The zero-order valence-corrected chi connectivity index (χ0v) is 23.6. The number of rotatable bonds is 5. The standard InChI is InChI=1S/C32H32N4O3S/c1-22-9-8-13-25(19-22)31-29-30(24-11-4-3-5-12-24)33-36(26-14-7-6-10-23(26)2)32(29)35(28(38)21-40-31)20-27(37)34-15-17-39-18-16-34/h3-14,19,31H,15-18,20-21H2,1-2H3/t31-/m1/s1. The molecule has 0 spiro atoms. The number of hydrogen-bond acceptors (Lipinski definition) is 5. The Balaban J connectivity index is 1.60. The van der Waals surface area contributed by atoms with Gasteiger partial charge in [-0.15, -0.1) is 11.8 Å². The highest BCUT2D eigenvalue weighted by molar-refractivity contribution is 8.00. The largest absolute Gasteiger partial charge is 0.378 e. The summed E-state index contributed by atoms with van der Waals surface area (Å²) in [5.74, 6) is 0.736. The van der Waals surface area contributed by atoms with Crippen molar-refractivity contribution in [2.45, 2.75) is 19.1 Å². The van der Waals surface area contributed by atoms with Gasteiger partial charge in [0.05, 0.1) is 35.6 Å². The molecule has 2 aliphatic rings. The van der Waals surface area contributed by atoms with Crippen LogP contribution in [0, 0.1) is 13.8 Å². The Labute approximate surface area is 238 Å². The second-order valence-corrected chi connectivity index (χ2v) is 11.3. The van der Waals surface area contributed by atoms with E-state index in [-0.39, 0.29) is 29.4 Å². The van der Waals surface area contributed by atoms with Gasteiger partial charge in [-0.1, -0.05) is 78.4 Å². The van der Waals surface area contributed by atoms with Crippen molar-refractivity contribution in [3.8, 4) is 16.9 Å². The van der Waals surface area contributed by atoms with Crippen molar-refractivity contribution in [2.75, 3.05) is 43.5 Å². The van der Waals surface area contributed by atoms with E-state index < -0.39 is 0 Å². The van der Waals surface area contributed by atoms with Crippen molar-refractivity contribution < 1.29 is 14.3 Å². The number of carbonyl (C=O) groups excluding carboxylic acids is 2. The summed E-state index contributed by atoms with van der Waals surface area (Å²) in [5, 5.41) is 5.06. The third-order valence-corrected chi connectivity index (χ3v) is 8.74. The minimum Gasteiger partial charge on any atom is -0.378 e. The van der Waals surface area contributed by atoms with Gasteiger partial charge in [0.15, 0.2) is 0 Å². The van der Waals surface area contributed by atoms with E-state index in [0.717, 1.165) is 39.2 Å². The summed E-state index contributed by atoms with van der Waals surface area (Å²) in [6.45, 7) is 6.16. The number of carbonyl (C=O) groups is 2. The molecule has 7 nitrogen and oxygen atoms in total. The Hall–Kier alpha value is -3.88. The molecule has 6 rings (SSSR count). The van der Waals surface area contributed by atoms with Gasteiger partial charge in [-0.05, 0) is 31.0 Å². The average molecular weight is 553 g/mol. The number of hydrogen-bond donors (Lipinski definition) is 0. The van der Waals surface area contributed by atoms with Gasteiger partial charge in [-0.25, -0.2) is 4.68 Å². The number of amides is 2. The third-order valence-electron chi connectivity index (χ3n) is 7.48. The van der Waals surface area contributed by atoms with Crippen LogP contribution in [0.15, 0.2) is 78.9 Å². The summed E-state index contributed by atoms with van der Waals surface area (Å²) in [6, 6.07) is 26.6. The van der Waals surface area contributed by atoms with Gasteiger partial charge in [-0.2, -0.15) is 5.10 Å². The van der Waals surface area contributed by atoms with Crippen LogP contribution in [0.4, 0.5) is 5.82 Å². The SMILES string of the molecule is Cc1cccc([C@H]2SCC(=O)N(CC(=O)N3CCOCC3)c3c2c(-c2ccccc2)nn3-c2ccccc2C)c1. The molecule has 1 aromatic heterocycles. The van der Waals surface area contributed by atoms with Gasteiger partial charge in [0.25, 0.3) is 0 Å². The Morgan fingerprint density at radius 2 is 1.73 bits per heavy atom. The van der Waals surface area contributed by atoms with Crippen molar-refractivity contribution in [1.29, 1.82) is 0 Å². The van der Waals surface area contributed by atoms with Gasteiger partial charge in [0.1, 0.15) is 12.4 Å². The molecule has 2 amide bonds. The molecule has 0 N–H and O–H groups in total. The van der Waals surface area contributed by atoms with E-state index >= 15 is 0 Å². The molecular formula is C32H32N4O3S. The summed E-state index contributed by atoms with van der Waals surface area (Å²) in [5.41, 5.74) is 6.92. The Morgan fingerprint density at radius 1 is 0.975 bits per heavy atom. The number of fused-ring (bicyclic) bond motifs is 1. The number of anilines is 1. The molecule has 0 radical (unpaired) electrons. The van der Waals surface area contributed by atoms with Crippen molar-refractivity contribution in [1.82, 2.24) is 14.7 Å². The molecule has 204 valence electrons. The lowest BCUT2D eigenvalue weighted by atomic mass is 9.98. The highest BCUT2D eigenvalue weighted by Crippen LogP contribution is 2.48. The number of ether oxygens (including phenoxy) is 1. The molecule has 40 heavy (non-hydrogen) atoms.